The fraction of sp³-hybridized carbons (Fsp3) is 0.333. The topological polar surface area (TPSA) is 88.2 Å². The second-order valence-electron chi connectivity index (χ2n) is 7.35. The number of nitrogens with zero attached hydrogens (tertiary/aromatic N) is 2. The minimum absolute atomic E-state index is 0.108. The molecule has 1 aliphatic carbocycles. The summed E-state index contributed by atoms with van der Waals surface area (Å²) in [6, 6.07) is 11.5. The summed E-state index contributed by atoms with van der Waals surface area (Å²) < 4.78 is 34.4. The van der Waals surface area contributed by atoms with Crippen LogP contribution in [0, 0.1) is 11.6 Å². The maximum atomic E-state index is 14.4. The first-order valence-corrected chi connectivity index (χ1v) is 9.40. The molecule has 3 unspecified atom stereocenters. The lowest BCUT2D eigenvalue weighted by Gasteiger charge is -2.37. The average molecular weight is 401 g/mol. The molecule has 2 aromatic rings. The largest absolute Gasteiger partial charge is 0.443 e. The number of carbonyl (C=O) groups excluding carboxylic acids is 1. The van der Waals surface area contributed by atoms with Gasteiger partial charge in [0.15, 0.2) is 6.29 Å². The first kappa shape index (κ1) is 19.5. The van der Waals surface area contributed by atoms with Crippen LogP contribution < -0.4 is 5.73 Å². The molecule has 0 bridgehead atoms. The van der Waals surface area contributed by atoms with E-state index in [-0.39, 0.29) is 17.9 Å². The molecule has 1 saturated carbocycles. The van der Waals surface area contributed by atoms with Crippen molar-refractivity contribution in [3.63, 3.8) is 0 Å². The first-order valence-electron chi connectivity index (χ1n) is 9.40. The van der Waals surface area contributed by atoms with Crippen LogP contribution in [0.25, 0.3) is 0 Å². The van der Waals surface area contributed by atoms with Gasteiger partial charge in [-0.2, -0.15) is 0 Å². The fourth-order valence-electron chi connectivity index (χ4n) is 3.71. The van der Waals surface area contributed by atoms with E-state index in [0.29, 0.717) is 31.2 Å². The molecule has 0 amide bonds. The zero-order valence-electron chi connectivity index (χ0n) is 15.6. The number of hydrogen-bond donors (Lipinski definition) is 2. The molecular formula is C21H21F2N3O3. The van der Waals surface area contributed by atoms with Crippen molar-refractivity contribution < 1.29 is 23.4 Å². The van der Waals surface area contributed by atoms with Gasteiger partial charge in [0, 0.05) is 18.4 Å². The Labute approximate surface area is 166 Å². The van der Waals surface area contributed by atoms with Crippen LogP contribution in [0.5, 0.6) is 0 Å². The van der Waals surface area contributed by atoms with Gasteiger partial charge in [-0.1, -0.05) is 30.3 Å². The summed E-state index contributed by atoms with van der Waals surface area (Å²) >= 11 is 0. The van der Waals surface area contributed by atoms with E-state index in [1.54, 1.807) is 0 Å². The third kappa shape index (κ3) is 3.28. The Balaban J connectivity index is 1.83. The number of aldehydes is 1. The summed E-state index contributed by atoms with van der Waals surface area (Å²) in [5.74, 6) is -1.42. The first-order chi connectivity index (χ1) is 13.9. The lowest BCUT2D eigenvalue weighted by atomic mass is 9.96. The van der Waals surface area contributed by atoms with Gasteiger partial charge in [-0.3, -0.25) is 0 Å². The predicted molar refractivity (Wildman–Crippen MR) is 102 cm³/mol. The van der Waals surface area contributed by atoms with E-state index in [4.69, 9.17) is 10.5 Å². The number of nitrogens with two attached hydrogens (primary N) is 1. The van der Waals surface area contributed by atoms with Gasteiger partial charge in [-0.15, -0.1) is 5.10 Å². The van der Waals surface area contributed by atoms with Gasteiger partial charge in [-0.05, 0) is 31.2 Å². The van der Waals surface area contributed by atoms with Crippen molar-refractivity contribution >= 4 is 12.2 Å². The van der Waals surface area contributed by atoms with E-state index in [9.17, 15) is 18.7 Å². The number of aliphatic hydroxyl groups is 1. The third-order valence-corrected chi connectivity index (χ3v) is 5.37. The Morgan fingerprint density at radius 1 is 1.28 bits per heavy atom. The summed E-state index contributed by atoms with van der Waals surface area (Å²) in [5.41, 5.74) is 3.54. The highest BCUT2D eigenvalue weighted by Crippen LogP contribution is 2.50. The smallest absolute Gasteiger partial charge is 0.243 e. The van der Waals surface area contributed by atoms with Gasteiger partial charge in [0.25, 0.3) is 0 Å². The van der Waals surface area contributed by atoms with E-state index in [0.717, 1.165) is 18.2 Å². The SMILES string of the molecule is NCCCC1(c2ccccc2)OC(c2cc(F)ccc2F)=NN1C1CC1(O)C=O. The summed E-state index contributed by atoms with van der Waals surface area (Å²) in [6.45, 7) is 0.373. The molecule has 1 fully saturated rings. The fourth-order valence-corrected chi connectivity index (χ4v) is 3.71. The molecular weight excluding hydrogens is 380 g/mol. The van der Waals surface area contributed by atoms with Crippen LogP contribution in [0.4, 0.5) is 8.78 Å². The van der Waals surface area contributed by atoms with Crippen LogP contribution >= 0.6 is 0 Å². The maximum Gasteiger partial charge on any atom is 0.243 e. The summed E-state index contributed by atoms with van der Waals surface area (Å²) in [5, 5.41) is 16.3. The standard InChI is InChI=1S/C21H21F2N3O3/c22-15-7-8-17(23)16(11-15)19-25-26(18-12-20(18,28)13-27)21(29-19,9-4-10-24)14-5-2-1-3-6-14/h1-3,5-8,11,13,18,28H,4,9-10,12,24H2. The number of carbonyl (C=O) groups is 1. The molecule has 29 heavy (non-hydrogen) atoms. The quantitative estimate of drug-likeness (QED) is 0.695. The number of hydrazone groups is 1. The van der Waals surface area contributed by atoms with Crippen LogP contribution in [0.2, 0.25) is 0 Å². The lowest BCUT2D eigenvalue weighted by molar-refractivity contribution is -0.123. The van der Waals surface area contributed by atoms with Crippen molar-refractivity contribution in [2.75, 3.05) is 6.54 Å². The Bertz CT molecular complexity index is 955. The highest BCUT2D eigenvalue weighted by molar-refractivity contribution is 5.95. The molecule has 8 heteroatoms. The second kappa shape index (κ2) is 7.20. The Morgan fingerprint density at radius 2 is 2.03 bits per heavy atom. The molecule has 3 N–H and O–H groups in total. The Morgan fingerprint density at radius 3 is 2.69 bits per heavy atom. The Hall–Kier alpha value is -2.84. The number of hydrogen-bond acceptors (Lipinski definition) is 6. The van der Waals surface area contributed by atoms with Crippen molar-refractivity contribution in [2.24, 2.45) is 10.8 Å². The maximum absolute atomic E-state index is 14.4. The van der Waals surface area contributed by atoms with Crippen LogP contribution in [0.1, 0.15) is 30.4 Å². The zero-order chi connectivity index (χ0) is 20.6. The normalized spacial score (nSPS) is 28.1. The van der Waals surface area contributed by atoms with E-state index in [1.807, 2.05) is 30.3 Å². The minimum atomic E-state index is -1.56. The monoisotopic (exact) mass is 401 g/mol. The molecule has 0 radical (unpaired) electrons. The molecule has 152 valence electrons. The van der Waals surface area contributed by atoms with Crippen molar-refractivity contribution in [3.8, 4) is 0 Å². The summed E-state index contributed by atoms with van der Waals surface area (Å²) in [6.07, 6.45) is 1.57. The molecule has 0 spiro atoms. The van der Waals surface area contributed by atoms with E-state index in [2.05, 4.69) is 5.10 Å². The van der Waals surface area contributed by atoms with Gasteiger partial charge in [-0.25, -0.2) is 13.8 Å². The van der Waals surface area contributed by atoms with Gasteiger partial charge < -0.3 is 20.4 Å². The highest BCUT2D eigenvalue weighted by Gasteiger charge is 2.64. The van der Waals surface area contributed by atoms with Gasteiger partial charge in [0.05, 0.1) is 11.6 Å². The lowest BCUT2D eigenvalue weighted by Crippen LogP contribution is -2.46. The molecule has 0 aromatic heterocycles. The molecule has 4 rings (SSSR count). The second-order valence-corrected chi connectivity index (χ2v) is 7.35. The minimum Gasteiger partial charge on any atom is -0.443 e. The highest BCUT2D eigenvalue weighted by atomic mass is 19.1. The Kier molecular flexibility index (Phi) is 4.84. The van der Waals surface area contributed by atoms with Crippen LogP contribution in [-0.4, -0.2) is 40.5 Å². The number of halogens is 2. The molecule has 1 aliphatic heterocycles. The summed E-state index contributed by atoms with van der Waals surface area (Å²) in [4.78, 5) is 11.4. The molecule has 1 heterocycles. The van der Waals surface area contributed by atoms with E-state index in [1.165, 1.54) is 5.01 Å². The molecule has 2 aliphatic rings. The van der Waals surface area contributed by atoms with Crippen molar-refractivity contribution in [3.05, 3.63) is 71.3 Å². The molecule has 0 saturated heterocycles. The molecule has 3 atom stereocenters. The van der Waals surface area contributed by atoms with E-state index < -0.39 is 29.0 Å². The van der Waals surface area contributed by atoms with Crippen molar-refractivity contribution in [2.45, 2.75) is 36.6 Å². The average Bonchev–Trinajstić information content (AvgIpc) is 3.27. The van der Waals surface area contributed by atoms with Gasteiger partial charge in [0.2, 0.25) is 11.6 Å². The molecule has 2 aromatic carbocycles. The van der Waals surface area contributed by atoms with Gasteiger partial charge in [0.1, 0.15) is 17.2 Å². The number of benzene rings is 2. The van der Waals surface area contributed by atoms with Crippen molar-refractivity contribution in [1.82, 2.24) is 5.01 Å². The number of ether oxygens (including phenoxy) is 1. The predicted octanol–water partition coefficient (Wildman–Crippen LogP) is 2.25. The molecule has 6 nitrogen and oxygen atoms in total. The van der Waals surface area contributed by atoms with Crippen LogP contribution in [0.15, 0.2) is 53.6 Å². The third-order valence-electron chi connectivity index (χ3n) is 5.37. The number of rotatable bonds is 7. The van der Waals surface area contributed by atoms with Gasteiger partial charge >= 0.3 is 0 Å². The van der Waals surface area contributed by atoms with Crippen LogP contribution in [-0.2, 0) is 15.3 Å². The van der Waals surface area contributed by atoms with E-state index >= 15 is 0 Å². The zero-order valence-corrected chi connectivity index (χ0v) is 15.6. The van der Waals surface area contributed by atoms with Crippen LogP contribution in [0.3, 0.4) is 0 Å². The summed E-state index contributed by atoms with van der Waals surface area (Å²) in [7, 11) is 0. The van der Waals surface area contributed by atoms with Crippen molar-refractivity contribution in [1.29, 1.82) is 0 Å².